The highest BCUT2D eigenvalue weighted by molar-refractivity contribution is 5.81. The van der Waals surface area contributed by atoms with Gasteiger partial charge in [-0.2, -0.15) is 0 Å². The van der Waals surface area contributed by atoms with Crippen LogP contribution in [0.1, 0.15) is 32.2 Å². The second-order valence-corrected chi connectivity index (χ2v) is 4.73. The number of carbonyl (C=O) groups is 1. The van der Waals surface area contributed by atoms with E-state index in [-0.39, 0.29) is 11.3 Å². The van der Waals surface area contributed by atoms with Gasteiger partial charge in [0, 0.05) is 24.1 Å². The molecule has 0 aliphatic heterocycles. The number of hydrogen-bond donors (Lipinski definition) is 2. The Morgan fingerprint density at radius 3 is 2.67 bits per heavy atom. The van der Waals surface area contributed by atoms with Crippen molar-refractivity contribution < 1.29 is 4.79 Å². The summed E-state index contributed by atoms with van der Waals surface area (Å²) in [5.41, 5.74) is 1.77. The quantitative estimate of drug-likeness (QED) is 0.791. The molecule has 0 radical (unpaired) electrons. The van der Waals surface area contributed by atoms with Gasteiger partial charge in [0.25, 0.3) is 0 Å². The third-order valence-electron chi connectivity index (χ3n) is 2.26. The van der Waals surface area contributed by atoms with Gasteiger partial charge in [0.1, 0.15) is 0 Å². The minimum Gasteiger partial charge on any atom is -0.355 e. The molecule has 84 valence electrons. The summed E-state index contributed by atoms with van der Waals surface area (Å²) < 4.78 is 0. The lowest BCUT2D eigenvalue weighted by Gasteiger charge is -2.17. The SMILES string of the molecule is Cc1[nH]cnc1CCNC(=O)C(C)(C)C. The van der Waals surface area contributed by atoms with Crippen LogP contribution >= 0.6 is 0 Å². The van der Waals surface area contributed by atoms with E-state index in [4.69, 9.17) is 0 Å². The monoisotopic (exact) mass is 209 g/mol. The Balaban J connectivity index is 2.35. The highest BCUT2D eigenvalue weighted by Gasteiger charge is 2.20. The summed E-state index contributed by atoms with van der Waals surface area (Å²) in [7, 11) is 0. The molecule has 0 spiro atoms. The summed E-state index contributed by atoms with van der Waals surface area (Å²) in [5, 5.41) is 2.90. The number of imidazole rings is 1. The molecule has 2 N–H and O–H groups in total. The van der Waals surface area contributed by atoms with Gasteiger partial charge in [-0.15, -0.1) is 0 Å². The van der Waals surface area contributed by atoms with E-state index in [0.29, 0.717) is 6.54 Å². The van der Waals surface area contributed by atoms with Crippen LogP contribution in [0.25, 0.3) is 0 Å². The fourth-order valence-corrected chi connectivity index (χ4v) is 1.20. The summed E-state index contributed by atoms with van der Waals surface area (Å²) in [6.07, 6.45) is 2.45. The van der Waals surface area contributed by atoms with Crippen molar-refractivity contribution in [3.05, 3.63) is 17.7 Å². The first-order valence-electron chi connectivity index (χ1n) is 5.18. The van der Waals surface area contributed by atoms with Crippen molar-refractivity contribution in [1.82, 2.24) is 15.3 Å². The Kier molecular flexibility index (Phi) is 3.50. The molecule has 0 saturated carbocycles. The molecule has 15 heavy (non-hydrogen) atoms. The van der Waals surface area contributed by atoms with Crippen LogP contribution in [0, 0.1) is 12.3 Å². The Hall–Kier alpha value is -1.32. The zero-order chi connectivity index (χ0) is 11.5. The molecule has 0 saturated heterocycles. The van der Waals surface area contributed by atoms with Gasteiger partial charge in [-0.05, 0) is 6.92 Å². The lowest BCUT2D eigenvalue weighted by molar-refractivity contribution is -0.128. The van der Waals surface area contributed by atoms with Crippen molar-refractivity contribution in [1.29, 1.82) is 0 Å². The molecule has 1 heterocycles. The third kappa shape index (κ3) is 3.38. The Morgan fingerprint density at radius 1 is 1.53 bits per heavy atom. The molecule has 4 nitrogen and oxygen atoms in total. The topological polar surface area (TPSA) is 57.8 Å². The smallest absolute Gasteiger partial charge is 0.225 e. The van der Waals surface area contributed by atoms with Gasteiger partial charge in [0.05, 0.1) is 12.0 Å². The van der Waals surface area contributed by atoms with Gasteiger partial charge in [0.2, 0.25) is 5.91 Å². The minimum absolute atomic E-state index is 0.0793. The Morgan fingerprint density at radius 2 is 2.20 bits per heavy atom. The van der Waals surface area contributed by atoms with E-state index in [1.54, 1.807) is 6.33 Å². The van der Waals surface area contributed by atoms with Crippen LogP contribution in [0.4, 0.5) is 0 Å². The second kappa shape index (κ2) is 4.47. The first-order valence-corrected chi connectivity index (χ1v) is 5.18. The molecule has 0 aliphatic carbocycles. The lowest BCUT2D eigenvalue weighted by atomic mass is 9.96. The van der Waals surface area contributed by atoms with Crippen molar-refractivity contribution in [3.8, 4) is 0 Å². The summed E-state index contributed by atoms with van der Waals surface area (Å²) in [4.78, 5) is 18.7. The molecule has 0 aliphatic rings. The van der Waals surface area contributed by atoms with Gasteiger partial charge in [-0.3, -0.25) is 4.79 Å². The van der Waals surface area contributed by atoms with E-state index in [1.807, 2.05) is 27.7 Å². The predicted octanol–water partition coefficient (Wildman–Crippen LogP) is 1.42. The maximum Gasteiger partial charge on any atom is 0.225 e. The maximum atomic E-state index is 11.5. The van der Waals surface area contributed by atoms with Gasteiger partial charge in [0.15, 0.2) is 0 Å². The molecule has 1 aromatic rings. The van der Waals surface area contributed by atoms with Gasteiger partial charge in [-0.25, -0.2) is 4.98 Å². The largest absolute Gasteiger partial charge is 0.355 e. The highest BCUT2D eigenvalue weighted by atomic mass is 16.2. The predicted molar refractivity (Wildman–Crippen MR) is 59.5 cm³/mol. The Bertz CT molecular complexity index is 336. The first kappa shape index (κ1) is 11.8. The maximum absolute atomic E-state index is 11.5. The van der Waals surface area contributed by atoms with E-state index in [9.17, 15) is 4.79 Å². The number of nitrogens with one attached hydrogen (secondary N) is 2. The average molecular weight is 209 g/mol. The number of aromatic nitrogens is 2. The summed E-state index contributed by atoms with van der Waals surface area (Å²) in [5.74, 6) is 0.0793. The molecule has 0 atom stereocenters. The van der Waals surface area contributed by atoms with Crippen molar-refractivity contribution in [2.45, 2.75) is 34.1 Å². The number of nitrogens with zero attached hydrogens (tertiary/aromatic N) is 1. The molecule has 0 aromatic carbocycles. The van der Waals surface area contributed by atoms with Gasteiger partial charge >= 0.3 is 0 Å². The molecule has 1 aromatic heterocycles. The third-order valence-corrected chi connectivity index (χ3v) is 2.26. The fourth-order valence-electron chi connectivity index (χ4n) is 1.20. The minimum atomic E-state index is -0.319. The molecular weight excluding hydrogens is 190 g/mol. The second-order valence-electron chi connectivity index (χ2n) is 4.73. The van der Waals surface area contributed by atoms with E-state index in [1.165, 1.54) is 0 Å². The molecular formula is C11H19N3O. The fraction of sp³-hybridized carbons (Fsp3) is 0.636. The number of carbonyl (C=O) groups excluding carboxylic acids is 1. The number of hydrogen-bond acceptors (Lipinski definition) is 2. The van der Waals surface area contributed by atoms with Crippen LogP contribution in [0.5, 0.6) is 0 Å². The molecule has 0 bridgehead atoms. The summed E-state index contributed by atoms with van der Waals surface area (Å²) in [6, 6.07) is 0. The number of rotatable bonds is 3. The lowest BCUT2D eigenvalue weighted by Crippen LogP contribution is -2.36. The average Bonchev–Trinajstić information content (AvgIpc) is 2.50. The van der Waals surface area contributed by atoms with Crippen molar-refractivity contribution in [2.24, 2.45) is 5.41 Å². The number of aryl methyl sites for hydroxylation is 1. The zero-order valence-electron chi connectivity index (χ0n) is 9.85. The zero-order valence-corrected chi connectivity index (χ0v) is 9.85. The van der Waals surface area contributed by atoms with E-state index >= 15 is 0 Å². The van der Waals surface area contributed by atoms with E-state index < -0.39 is 0 Å². The number of aromatic amines is 1. The molecule has 1 rings (SSSR count). The van der Waals surface area contributed by atoms with E-state index in [0.717, 1.165) is 17.8 Å². The molecule has 0 unspecified atom stereocenters. The number of amides is 1. The van der Waals surface area contributed by atoms with Crippen LogP contribution in [-0.2, 0) is 11.2 Å². The van der Waals surface area contributed by atoms with Gasteiger partial charge in [-0.1, -0.05) is 20.8 Å². The van der Waals surface area contributed by atoms with Crippen LogP contribution < -0.4 is 5.32 Å². The van der Waals surface area contributed by atoms with Crippen LogP contribution in [0.15, 0.2) is 6.33 Å². The van der Waals surface area contributed by atoms with Crippen LogP contribution in [0.2, 0.25) is 0 Å². The van der Waals surface area contributed by atoms with Gasteiger partial charge < -0.3 is 10.3 Å². The first-order chi connectivity index (χ1) is 6.91. The molecule has 4 heteroatoms. The molecule has 1 amide bonds. The van der Waals surface area contributed by atoms with Crippen LogP contribution in [0.3, 0.4) is 0 Å². The van der Waals surface area contributed by atoms with Crippen molar-refractivity contribution in [3.63, 3.8) is 0 Å². The van der Waals surface area contributed by atoms with E-state index in [2.05, 4.69) is 15.3 Å². The van der Waals surface area contributed by atoms with Crippen molar-refractivity contribution >= 4 is 5.91 Å². The Labute approximate surface area is 90.5 Å². The number of H-pyrrole nitrogens is 1. The standard InChI is InChI=1S/C11H19N3O/c1-8-9(14-7-13-8)5-6-12-10(15)11(2,3)4/h7H,5-6H2,1-4H3,(H,12,15)(H,13,14). The van der Waals surface area contributed by atoms with Crippen molar-refractivity contribution in [2.75, 3.05) is 6.54 Å². The van der Waals surface area contributed by atoms with Crippen LogP contribution in [-0.4, -0.2) is 22.4 Å². The summed E-state index contributed by atoms with van der Waals surface area (Å²) >= 11 is 0. The molecule has 0 fully saturated rings. The highest BCUT2D eigenvalue weighted by Crippen LogP contribution is 2.12. The summed E-state index contributed by atoms with van der Waals surface area (Å²) in [6.45, 7) is 8.34. The normalized spacial score (nSPS) is 11.5.